The molecule has 3 unspecified atom stereocenters. The molecule has 7 amide bonds. The molecule has 484 valence electrons. The van der Waals surface area contributed by atoms with Crippen molar-refractivity contribution in [1.82, 2.24) is 36.6 Å². The molecule has 1 aromatic carbocycles. The average molecular weight is 1340 g/mol. The Balaban J connectivity index is 1.19. The van der Waals surface area contributed by atoms with Crippen LogP contribution in [0.2, 0.25) is 0 Å². The van der Waals surface area contributed by atoms with Gasteiger partial charge in [-0.25, -0.2) is 9.78 Å². The number of benzene rings is 1. The number of thiophene rings is 2. The molecular formula is C56H70N8O20S5. The summed E-state index contributed by atoms with van der Waals surface area (Å²) in [7, 11) is -14.0. The maximum Gasteiger partial charge on any atom is 0.333 e. The van der Waals surface area contributed by atoms with Gasteiger partial charge in [-0.2, -0.15) is 25.3 Å². The van der Waals surface area contributed by atoms with Crippen molar-refractivity contribution >= 4 is 112 Å². The maximum atomic E-state index is 14.3. The number of hydrogen-bond acceptors (Lipinski definition) is 21. The SMILES string of the molecule is C=C/C1=C\C=NCCCCCC(=O)NC(Cc2ccc(S(=O)(=O)O)s2)C(=O)NCCCCC(C(=O)NCCCCCC(=O)ON2C(=O)CCC2=O)NC(=O)C(Cc2ccc(S(=O)(=O)O)s2)NC(=O)CCCCCOc2ccc(cc2S(=O)(=O)O)-c2cnc1o2. The van der Waals surface area contributed by atoms with E-state index in [9.17, 15) is 77.3 Å². The quantitative estimate of drug-likeness (QED) is 0.0421. The van der Waals surface area contributed by atoms with E-state index in [1.54, 1.807) is 6.08 Å². The number of fused-ring (bicyclic) bond motifs is 29. The molecule has 7 rings (SSSR count). The maximum absolute atomic E-state index is 14.3. The molecule has 89 heavy (non-hydrogen) atoms. The Bertz CT molecular complexity index is 3600. The summed E-state index contributed by atoms with van der Waals surface area (Å²) >= 11 is 1.36. The Morgan fingerprint density at radius 3 is 1.97 bits per heavy atom. The van der Waals surface area contributed by atoms with Crippen molar-refractivity contribution in [2.75, 3.05) is 26.2 Å². The number of oxazole rings is 1. The lowest BCUT2D eigenvalue weighted by atomic mass is 10.1. The summed E-state index contributed by atoms with van der Waals surface area (Å²) in [5, 5.41) is 14.0. The predicted molar refractivity (Wildman–Crippen MR) is 323 cm³/mol. The molecule has 0 spiro atoms. The Labute approximate surface area is 522 Å². The molecule has 3 atom stereocenters. The summed E-state index contributed by atoms with van der Waals surface area (Å²) in [6.45, 7) is 4.19. The number of aliphatic imine (C=N–C) groups is 1. The molecule has 3 aromatic heterocycles. The number of nitrogens with one attached hydrogen (secondary N) is 5. The summed E-state index contributed by atoms with van der Waals surface area (Å²) in [5.74, 6) is -5.16. The number of aromatic nitrogens is 1. The number of nitrogens with zero attached hydrogens (tertiary/aromatic N) is 3. The highest BCUT2D eigenvalue weighted by atomic mass is 32.3. The summed E-state index contributed by atoms with van der Waals surface area (Å²) in [6.07, 6.45) is 8.91. The molecule has 3 aliphatic rings. The molecule has 28 nitrogen and oxygen atoms in total. The van der Waals surface area contributed by atoms with Crippen molar-refractivity contribution in [1.29, 1.82) is 0 Å². The number of allylic oxidation sites excluding steroid dienone is 3. The van der Waals surface area contributed by atoms with Crippen LogP contribution in [-0.2, 0) is 86.4 Å². The molecule has 1 saturated heterocycles. The van der Waals surface area contributed by atoms with Gasteiger partial charge in [0.2, 0.25) is 35.4 Å². The zero-order valence-electron chi connectivity index (χ0n) is 48.2. The minimum absolute atomic E-state index is 0.00227. The first-order chi connectivity index (χ1) is 42.3. The van der Waals surface area contributed by atoms with Crippen LogP contribution < -0.4 is 31.3 Å². The number of hydroxylamine groups is 2. The fourth-order valence-corrected chi connectivity index (χ4v) is 13.2. The Morgan fingerprint density at radius 1 is 0.730 bits per heavy atom. The largest absolute Gasteiger partial charge is 0.492 e. The van der Waals surface area contributed by atoms with E-state index in [4.69, 9.17) is 14.0 Å². The van der Waals surface area contributed by atoms with Gasteiger partial charge in [0.15, 0.2) is 5.76 Å². The molecule has 1 fully saturated rings. The fourth-order valence-electron chi connectivity index (χ4n) is 9.00. The van der Waals surface area contributed by atoms with Crippen LogP contribution >= 0.6 is 22.7 Å². The average Bonchev–Trinajstić information content (AvgIpc) is 4.29. The second kappa shape index (κ2) is 33.9. The standard InChI is InChI=1S/C56H70N8O20S5/c1-2-36-26-30-57-27-10-3-6-15-46(65)61-41(33-38-19-24-51(85-38)88(76,77)78)54(71)59-29-12-9-14-40(53(70)58-28-11-4-8-17-50(69)84-64-48(67)22-23-49(64)68)63-55(72)42(34-39-20-25-52(86-39)89(79,80)81)62-47(66)16-7-5-13-31-82-43-21-18-37(32-45(43)87(73,74)75)44-35-60-56(36)83-44/h2,18-21,24-26,30,32,35,40-42H,1,3-17,22-23,27-29,31,33-34H2,(H,58,70)(H,59,71)(H,61,65)(H,62,66)(H,63,72)(H,73,74,75)(H,76,77,78)(H,79,80,81)/b36-26+,57-30?. The second-order valence-electron chi connectivity index (χ2n) is 20.6. The van der Waals surface area contributed by atoms with Crippen LogP contribution in [0.4, 0.5) is 0 Å². The predicted octanol–water partition coefficient (Wildman–Crippen LogP) is 4.87. The van der Waals surface area contributed by atoms with Crippen LogP contribution in [0.5, 0.6) is 5.75 Å². The van der Waals surface area contributed by atoms with Crippen molar-refractivity contribution in [2.45, 2.75) is 153 Å². The number of unbranched alkanes of at least 4 members (excludes halogenated alkanes) is 2. The monoisotopic (exact) mass is 1330 g/mol. The molecule has 33 heteroatoms. The number of rotatable bonds is 16. The van der Waals surface area contributed by atoms with E-state index in [2.05, 4.69) is 43.1 Å². The number of imide groups is 1. The highest BCUT2D eigenvalue weighted by Crippen LogP contribution is 2.32. The van der Waals surface area contributed by atoms with Gasteiger partial charge in [-0.3, -0.25) is 52.2 Å². The van der Waals surface area contributed by atoms with E-state index in [0.29, 0.717) is 78.3 Å². The van der Waals surface area contributed by atoms with Crippen LogP contribution in [0.15, 0.2) is 90.1 Å². The summed E-state index contributed by atoms with van der Waals surface area (Å²) in [4.78, 5) is 119. The van der Waals surface area contributed by atoms with E-state index in [1.165, 1.54) is 48.8 Å². The summed E-state index contributed by atoms with van der Waals surface area (Å²) in [5.41, 5.74) is 0.675. The normalized spacial score (nSPS) is 19.8. The number of ether oxygens (including phenoxy) is 1. The van der Waals surface area contributed by atoms with Gasteiger partial charge in [-0.15, -0.1) is 27.7 Å². The molecular weight excluding hydrogens is 1260 g/mol. The van der Waals surface area contributed by atoms with Gasteiger partial charge in [0, 0.05) is 91.7 Å². The van der Waals surface area contributed by atoms with Crippen molar-refractivity contribution in [3.05, 3.63) is 83.0 Å². The van der Waals surface area contributed by atoms with Crippen LogP contribution in [0, 0.1) is 0 Å². The minimum Gasteiger partial charge on any atom is -0.492 e. The lowest BCUT2D eigenvalue weighted by molar-refractivity contribution is -0.197. The first-order valence-electron chi connectivity index (χ1n) is 28.5. The van der Waals surface area contributed by atoms with Crippen LogP contribution in [0.3, 0.4) is 0 Å². The lowest BCUT2D eigenvalue weighted by Gasteiger charge is -2.23. The number of hydrogen-bond donors (Lipinski definition) is 8. The Kier molecular flexibility index (Phi) is 26.9. The molecule has 6 heterocycles. The van der Waals surface area contributed by atoms with Crippen molar-refractivity contribution in [3.63, 3.8) is 0 Å². The molecule has 0 aliphatic carbocycles. The van der Waals surface area contributed by atoms with Crippen molar-refractivity contribution < 1.29 is 91.3 Å². The third kappa shape index (κ3) is 23.1. The molecule has 0 saturated carbocycles. The lowest BCUT2D eigenvalue weighted by Crippen LogP contribution is -2.54. The topological polar surface area (TPSA) is 420 Å². The van der Waals surface area contributed by atoms with Crippen molar-refractivity contribution in [3.8, 4) is 17.1 Å². The van der Waals surface area contributed by atoms with Gasteiger partial charge in [-0.05, 0) is 113 Å². The summed E-state index contributed by atoms with van der Waals surface area (Å²) in [6, 6.07) is 5.16. The molecule has 3 aliphatic heterocycles. The van der Waals surface area contributed by atoms with E-state index >= 15 is 0 Å². The van der Waals surface area contributed by atoms with Crippen molar-refractivity contribution in [2.24, 2.45) is 4.99 Å². The van der Waals surface area contributed by atoms with Gasteiger partial charge >= 0.3 is 26.2 Å². The highest BCUT2D eigenvalue weighted by Gasteiger charge is 2.33. The second-order valence-corrected chi connectivity index (χ2v) is 27.6. The van der Waals surface area contributed by atoms with Gasteiger partial charge in [-0.1, -0.05) is 25.5 Å². The van der Waals surface area contributed by atoms with E-state index in [1.807, 2.05) is 0 Å². The van der Waals surface area contributed by atoms with Gasteiger partial charge in [0.1, 0.15) is 37.2 Å². The molecule has 0 radical (unpaired) electrons. The Hall–Kier alpha value is -7.53. The minimum atomic E-state index is -4.83. The third-order valence-electron chi connectivity index (χ3n) is 13.6. The van der Waals surface area contributed by atoms with Crippen LogP contribution in [0.25, 0.3) is 16.9 Å². The smallest absolute Gasteiger partial charge is 0.333 e. The molecule has 4 aromatic rings. The fraction of sp³-hybridized carbons (Fsp3) is 0.464. The molecule has 4 bridgehead atoms. The summed E-state index contributed by atoms with van der Waals surface area (Å²) < 4.78 is 113. The zero-order valence-corrected chi connectivity index (χ0v) is 52.3. The first kappa shape index (κ1) is 70.6. The Morgan fingerprint density at radius 2 is 1.36 bits per heavy atom. The number of carbonyl (C=O) groups is 8. The highest BCUT2D eigenvalue weighted by molar-refractivity contribution is 7.88. The van der Waals surface area contributed by atoms with Gasteiger partial charge in [0.25, 0.3) is 21.9 Å². The third-order valence-corrected chi connectivity index (χ3v) is 19.4. The van der Waals surface area contributed by atoms with E-state index < -0.39 is 105 Å². The van der Waals surface area contributed by atoms with Crippen LogP contribution in [-0.4, -0.2) is 147 Å². The van der Waals surface area contributed by atoms with E-state index in [-0.39, 0.29) is 129 Å². The number of amides is 7. The zero-order chi connectivity index (χ0) is 64.7. The van der Waals surface area contributed by atoms with Gasteiger partial charge < -0.3 is 40.6 Å². The number of carbonyl (C=O) groups excluding carboxylic acids is 8. The molecule has 8 N–H and O–H groups in total. The first-order valence-corrected chi connectivity index (χ1v) is 34.4. The van der Waals surface area contributed by atoms with Crippen LogP contribution in [0.1, 0.15) is 125 Å². The van der Waals surface area contributed by atoms with Gasteiger partial charge in [0.05, 0.1) is 12.8 Å². The van der Waals surface area contributed by atoms with E-state index in [0.717, 1.165) is 23.5 Å².